The second-order valence-electron chi connectivity index (χ2n) is 4.68. The van der Waals surface area contributed by atoms with Gasteiger partial charge in [0.05, 0.1) is 30.3 Å². The first-order valence-corrected chi connectivity index (χ1v) is 6.68. The number of aromatic nitrogens is 2. The van der Waals surface area contributed by atoms with Crippen LogP contribution in [-0.4, -0.2) is 33.5 Å². The molecule has 0 unspecified atom stereocenters. The molecule has 0 atom stereocenters. The number of phenols is 1. The van der Waals surface area contributed by atoms with Gasteiger partial charge in [0, 0.05) is 6.54 Å². The van der Waals surface area contributed by atoms with E-state index in [1.807, 2.05) is 28.8 Å². The lowest BCUT2D eigenvalue weighted by atomic mass is 10.1. The quantitative estimate of drug-likeness (QED) is 0.772. The molecule has 0 saturated heterocycles. The van der Waals surface area contributed by atoms with E-state index in [2.05, 4.69) is 4.98 Å². The SMILES string of the molecule is COc1ccc(O)c(-c2nc3ccccc3n2CCO)c1. The van der Waals surface area contributed by atoms with Crippen LogP contribution in [0.5, 0.6) is 11.5 Å². The Balaban J connectivity index is 2.26. The van der Waals surface area contributed by atoms with E-state index >= 15 is 0 Å². The molecular formula is C16H16N2O3. The number of rotatable bonds is 4. The van der Waals surface area contributed by atoms with Gasteiger partial charge in [-0.15, -0.1) is 0 Å². The largest absolute Gasteiger partial charge is 0.507 e. The summed E-state index contributed by atoms with van der Waals surface area (Å²) in [6.07, 6.45) is 0. The van der Waals surface area contributed by atoms with Crippen LogP contribution >= 0.6 is 0 Å². The van der Waals surface area contributed by atoms with Gasteiger partial charge in [-0.3, -0.25) is 0 Å². The number of aliphatic hydroxyl groups excluding tert-OH is 1. The Kier molecular flexibility index (Phi) is 3.50. The van der Waals surface area contributed by atoms with E-state index in [0.717, 1.165) is 11.0 Å². The Bertz CT molecular complexity index is 780. The molecule has 5 nitrogen and oxygen atoms in total. The average Bonchev–Trinajstić information content (AvgIpc) is 2.87. The summed E-state index contributed by atoms with van der Waals surface area (Å²) in [5, 5.41) is 19.4. The molecule has 0 spiro atoms. The van der Waals surface area contributed by atoms with Crippen LogP contribution in [0.2, 0.25) is 0 Å². The van der Waals surface area contributed by atoms with E-state index < -0.39 is 0 Å². The van der Waals surface area contributed by atoms with E-state index in [-0.39, 0.29) is 12.4 Å². The molecule has 0 amide bonds. The molecule has 0 aliphatic heterocycles. The molecule has 0 aliphatic carbocycles. The summed E-state index contributed by atoms with van der Waals surface area (Å²) in [5.41, 5.74) is 2.32. The predicted molar refractivity (Wildman–Crippen MR) is 80.5 cm³/mol. The Morgan fingerprint density at radius 3 is 2.76 bits per heavy atom. The fraction of sp³-hybridized carbons (Fsp3) is 0.188. The minimum Gasteiger partial charge on any atom is -0.507 e. The first kappa shape index (κ1) is 13.5. The molecule has 0 bridgehead atoms. The molecule has 0 radical (unpaired) electrons. The summed E-state index contributed by atoms with van der Waals surface area (Å²) in [6.45, 7) is 0.407. The van der Waals surface area contributed by atoms with Crippen LogP contribution in [0.15, 0.2) is 42.5 Å². The van der Waals surface area contributed by atoms with Crippen molar-refractivity contribution in [2.24, 2.45) is 0 Å². The zero-order chi connectivity index (χ0) is 14.8. The molecule has 108 valence electrons. The Morgan fingerprint density at radius 1 is 1.19 bits per heavy atom. The Labute approximate surface area is 122 Å². The highest BCUT2D eigenvalue weighted by Gasteiger charge is 2.15. The van der Waals surface area contributed by atoms with Gasteiger partial charge in [0.1, 0.15) is 17.3 Å². The number of phenolic OH excluding ortho intramolecular Hbond substituents is 1. The second-order valence-corrected chi connectivity index (χ2v) is 4.68. The zero-order valence-electron chi connectivity index (χ0n) is 11.7. The third kappa shape index (κ3) is 2.32. The lowest BCUT2D eigenvalue weighted by Gasteiger charge is -2.10. The summed E-state index contributed by atoms with van der Waals surface area (Å²) >= 11 is 0. The van der Waals surface area contributed by atoms with E-state index in [1.54, 1.807) is 25.3 Å². The third-order valence-electron chi connectivity index (χ3n) is 3.42. The molecule has 3 rings (SSSR count). The molecule has 1 heterocycles. The van der Waals surface area contributed by atoms with Crippen molar-refractivity contribution in [1.82, 2.24) is 9.55 Å². The fourth-order valence-electron chi connectivity index (χ4n) is 2.43. The standard InChI is InChI=1S/C16H16N2O3/c1-21-11-6-7-15(20)12(10-11)16-17-13-4-2-3-5-14(13)18(16)8-9-19/h2-7,10,19-20H,8-9H2,1H3. The van der Waals surface area contributed by atoms with Gasteiger partial charge in [-0.1, -0.05) is 12.1 Å². The van der Waals surface area contributed by atoms with E-state index in [1.165, 1.54) is 0 Å². The van der Waals surface area contributed by atoms with Crippen LogP contribution in [0.3, 0.4) is 0 Å². The van der Waals surface area contributed by atoms with Gasteiger partial charge < -0.3 is 19.5 Å². The van der Waals surface area contributed by atoms with Crippen LogP contribution in [0.4, 0.5) is 0 Å². The van der Waals surface area contributed by atoms with Crippen molar-refractivity contribution in [3.63, 3.8) is 0 Å². The second kappa shape index (κ2) is 5.46. The first-order valence-electron chi connectivity index (χ1n) is 6.68. The highest BCUT2D eigenvalue weighted by molar-refractivity contribution is 5.82. The summed E-state index contributed by atoms with van der Waals surface area (Å²) in [5.74, 6) is 1.39. The molecule has 3 aromatic rings. The van der Waals surface area contributed by atoms with Crippen molar-refractivity contribution >= 4 is 11.0 Å². The van der Waals surface area contributed by atoms with Gasteiger partial charge in [0.25, 0.3) is 0 Å². The number of ether oxygens (including phenoxy) is 1. The highest BCUT2D eigenvalue weighted by Crippen LogP contribution is 2.34. The topological polar surface area (TPSA) is 67.5 Å². The van der Waals surface area contributed by atoms with Crippen molar-refractivity contribution in [2.45, 2.75) is 6.54 Å². The Morgan fingerprint density at radius 2 is 2.00 bits per heavy atom. The van der Waals surface area contributed by atoms with Crippen LogP contribution in [0.25, 0.3) is 22.4 Å². The van der Waals surface area contributed by atoms with Gasteiger partial charge in [-0.25, -0.2) is 4.98 Å². The Hall–Kier alpha value is -2.53. The predicted octanol–water partition coefficient (Wildman–Crippen LogP) is 2.41. The molecule has 0 fully saturated rings. The molecule has 1 aromatic heterocycles. The number of aromatic hydroxyl groups is 1. The summed E-state index contributed by atoms with van der Waals surface area (Å²) in [6, 6.07) is 12.7. The maximum absolute atomic E-state index is 10.1. The van der Waals surface area contributed by atoms with E-state index in [9.17, 15) is 10.2 Å². The molecule has 2 aromatic carbocycles. The van der Waals surface area contributed by atoms with Gasteiger partial charge in [0.15, 0.2) is 0 Å². The van der Waals surface area contributed by atoms with Crippen molar-refractivity contribution in [3.8, 4) is 22.9 Å². The number of aliphatic hydroxyl groups is 1. The number of imidazole rings is 1. The number of hydrogen-bond donors (Lipinski definition) is 2. The molecule has 0 saturated carbocycles. The lowest BCUT2D eigenvalue weighted by molar-refractivity contribution is 0.278. The van der Waals surface area contributed by atoms with Crippen molar-refractivity contribution in [3.05, 3.63) is 42.5 Å². The van der Waals surface area contributed by atoms with Gasteiger partial charge in [0.2, 0.25) is 0 Å². The summed E-state index contributed by atoms with van der Waals surface area (Å²) in [4.78, 5) is 4.57. The summed E-state index contributed by atoms with van der Waals surface area (Å²) < 4.78 is 7.10. The lowest BCUT2D eigenvalue weighted by Crippen LogP contribution is -2.04. The number of methoxy groups -OCH3 is 1. The van der Waals surface area contributed by atoms with Gasteiger partial charge in [-0.2, -0.15) is 0 Å². The smallest absolute Gasteiger partial charge is 0.145 e. The zero-order valence-corrected chi connectivity index (χ0v) is 11.7. The van der Waals surface area contributed by atoms with Crippen LogP contribution < -0.4 is 4.74 Å². The molecular weight excluding hydrogens is 268 g/mol. The fourth-order valence-corrected chi connectivity index (χ4v) is 2.43. The number of para-hydroxylation sites is 2. The van der Waals surface area contributed by atoms with E-state index in [0.29, 0.717) is 23.7 Å². The molecule has 21 heavy (non-hydrogen) atoms. The maximum Gasteiger partial charge on any atom is 0.145 e. The maximum atomic E-state index is 10.1. The number of hydrogen-bond acceptors (Lipinski definition) is 4. The molecule has 2 N–H and O–H groups in total. The first-order chi connectivity index (χ1) is 10.2. The van der Waals surface area contributed by atoms with Gasteiger partial charge in [-0.05, 0) is 30.3 Å². The van der Waals surface area contributed by atoms with Crippen molar-refractivity contribution < 1.29 is 14.9 Å². The van der Waals surface area contributed by atoms with Crippen LogP contribution in [0.1, 0.15) is 0 Å². The average molecular weight is 284 g/mol. The minimum atomic E-state index is -0.00190. The van der Waals surface area contributed by atoms with E-state index in [4.69, 9.17) is 4.74 Å². The minimum absolute atomic E-state index is 0.00190. The number of fused-ring (bicyclic) bond motifs is 1. The molecule has 0 aliphatic rings. The molecule has 5 heteroatoms. The van der Waals surface area contributed by atoms with Crippen LogP contribution in [0, 0.1) is 0 Å². The highest BCUT2D eigenvalue weighted by atomic mass is 16.5. The number of nitrogens with zero attached hydrogens (tertiary/aromatic N) is 2. The number of benzene rings is 2. The van der Waals surface area contributed by atoms with Crippen LogP contribution in [-0.2, 0) is 6.54 Å². The normalized spacial score (nSPS) is 11.0. The third-order valence-corrected chi connectivity index (χ3v) is 3.42. The summed E-state index contributed by atoms with van der Waals surface area (Å²) in [7, 11) is 1.58. The van der Waals surface area contributed by atoms with Crippen molar-refractivity contribution in [2.75, 3.05) is 13.7 Å². The van der Waals surface area contributed by atoms with Crippen molar-refractivity contribution in [1.29, 1.82) is 0 Å². The monoisotopic (exact) mass is 284 g/mol. The van der Waals surface area contributed by atoms with Gasteiger partial charge >= 0.3 is 0 Å².